The normalized spacial score (nSPS) is 25.8. The Balaban J connectivity index is 1.18. The number of carbonyl (C=O) groups excluding carboxylic acids is 2. The maximum atomic E-state index is 13.0. The topological polar surface area (TPSA) is 208 Å². The van der Waals surface area contributed by atoms with Crippen molar-refractivity contribution in [3.63, 3.8) is 0 Å². The lowest BCUT2D eigenvalue weighted by molar-refractivity contribution is -0.339. The van der Waals surface area contributed by atoms with Crippen LogP contribution in [0.1, 0.15) is 11.3 Å². The van der Waals surface area contributed by atoms with Crippen molar-refractivity contribution in [2.24, 2.45) is 11.8 Å². The van der Waals surface area contributed by atoms with E-state index in [1.165, 1.54) is 45.8 Å². The average molecular weight is 733 g/mol. The molecule has 53 heavy (non-hydrogen) atoms. The molecule has 0 amide bonds. The molecule has 0 radical (unpaired) electrons. The lowest BCUT2D eigenvalue weighted by atomic mass is 9.80. The van der Waals surface area contributed by atoms with Crippen molar-refractivity contribution in [2.75, 3.05) is 27.9 Å². The van der Waals surface area contributed by atoms with E-state index in [-0.39, 0.29) is 29.2 Å². The summed E-state index contributed by atoms with van der Waals surface area (Å²) in [6.45, 7) is 3.43. The monoisotopic (exact) mass is 732 g/mol. The van der Waals surface area contributed by atoms with Gasteiger partial charge in [0.15, 0.2) is 17.8 Å². The number of carbonyl (C=O) groups is 2. The van der Waals surface area contributed by atoms with Crippen LogP contribution in [0, 0.1) is 11.8 Å². The molecule has 5 N–H and O–H groups in total. The lowest BCUT2D eigenvalue weighted by Crippen LogP contribution is -2.60. The molecule has 15 nitrogen and oxygen atoms in total. The van der Waals surface area contributed by atoms with Crippen LogP contribution < -0.4 is 9.47 Å². The number of para-hydroxylation sites is 1. The summed E-state index contributed by atoms with van der Waals surface area (Å²) in [6.07, 6.45) is -2.05. The van der Waals surface area contributed by atoms with E-state index in [9.17, 15) is 30.0 Å². The number of aromatic amines is 1. The molecule has 2 aromatic carbocycles. The molecule has 4 heterocycles. The molecular formula is C38H40N2O13. The quantitative estimate of drug-likeness (QED) is 0.0807. The second-order valence-corrected chi connectivity index (χ2v) is 12.4. The molecule has 1 saturated heterocycles. The van der Waals surface area contributed by atoms with Gasteiger partial charge in [-0.3, -0.25) is 4.98 Å². The summed E-state index contributed by atoms with van der Waals surface area (Å²) in [5, 5.41) is 44.4. The van der Waals surface area contributed by atoms with E-state index in [1.807, 2.05) is 30.3 Å². The van der Waals surface area contributed by atoms with Gasteiger partial charge in [0.2, 0.25) is 12.0 Å². The van der Waals surface area contributed by atoms with Crippen LogP contribution in [0.15, 0.2) is 79.2 Å². The smallest absolute Gasteiger partial charge is 0.337 e. The van der Waals surface area contributed by atoms with Gasteiger partial charge in [-0.1, -0.05) is 24.3 Å². The molecule has 2 aliphatic heterocycles. The Hall–Kier alpha value is -5.45. The number of ether oxygens (including phenoxy) is 7. The predicted octanol–water partition coefficient (Wildman–Crippen LogP) is 2.89. The Kier molecular flexibility index (Phi) is 11.3. The van der Waals surface area contributed by atoms with Gasteiger partial charge in [0, 0.05) is 40.4 Å². The van der Waals surface area contributed by atoms with E-state index < -0.39 is 67.4 Å². The van der Waals surface area contributed by atoms with Crippen LogP contribution in [-0.2, 0) is 39.7 Å². The maximum absolute atomic E-state index is 13.0. The second kappa shape index (κ2) is 16.1. The number of phenolic OH excluding ortho intramolecular Hbond substituents is 1. The number of pyridine rings is 1. The summed E-state index contributed by atoms with van der Waals surface area (Å²) in [7, 11) is 3.99. The Morgan fingerprint density at radius 1 is 0.981 bits per heavy atom. The van der Waals surface area contributed by atoms with Crippen LogP contribution >= 0.6 is 0 Å². The minimum Gasteiger partial charge on any atom is -0.502 e. The fraction of sp³-hybridized carbons (Fsp3) is 0.342. The highest BCUT2D eigenvalue weighted by Crippen LogP contribution is 2.39. The fourth-order valence-corrected chi connectivity index (χ4v) is 6.56. The summed E-state index contributed by atoms with van der Waals surface area (Å²) in [5.74, 6) is -2.76. The third kappa shape index (κ3) is 7.56. The number of phenols is 1. The number of methoxy groups -OCH3 is 3. The van der Waals surface area contributed by atoms with Crippen molar-refractivity contribution < 1.29 is 63.2 Å². The number of hydrogen-bond donors (Lipinski definition) is 5. The number of nitrogens with one attached hydrogen (secondary N) is 1. The van der Waals surface area contributed by atoms with Crippen LogP contribution in [0.25, 0.3) is 27.9 Å². The first-order valence-electron chi connectivity index (χ1n) is 16.6. The van der Waals surface area contributed by atoms with E-state index in [1.54, 1.807) is 12.3 Å². The number of nitrogens with zero attached hydrogens (tertiary/aromatic N) is 1. The van der Waals surface area contributed by atoms with Gasteiger partial charge in [-0.15, -0.1) is 6.58 Å². The minimum atomic E-state index is -1.75. The highest BCUT2D eigenvalue weighted by Gasteiger charge is 2.48. The van der Waals surface area contributed by atoms with Crippen LogP contribution in [0.4, 0.5) is 0 Å². The predicted molar refractivity (Wildman–Crippen MR) is 188 cm³/mol. The second-order valence-electron chi connectivity index (χ2n) is 12.4. The highest BCUT2D eigenvalue weighted by atomic mass is 16.8. The first-order valence-corrected chi connectivity index (χ1v) is 16.6. The van der Waals surface area contributed by atoms with Gasteiger partial charge in [-0.05, 0) is 42.3 Å². The van der Waals surface area contributed by atoms with E-state index in [4.69, 9.17) is 33.2 Å². The molecule has 4 aromatic rings. The summed E-state index contributed by atoms with van der Waals surface area (Å²) >= 11 is 0. The molecule has 2 aromatic heterocycles. The van der Waals surface area contributed by atoms with Gasteiger partial charge in [-0.25, -0.2) is 9.59 Å². The Bertz CT molecular complexity index is 2020. The molecule has 2 aliphatic rings. The van der Waals surface area contributed by atoms with Crippen molar-refractivity contribution in [2.45, 2.75) is 43.4 Å². The van der Waals surface area contributed by atoms with Gasteiger partial charge >= 0.3 is 11.9 Å². The van der Waals surface area contributed by atoms with E-state index >= 15 is 0 Å². The van der Waals surface area contributed by atoms with Crippen molar-refractivity contribution in [3.8, 4) is 17.2 Å². The first-order chi connectivity index (χ1) is 25.6. The van der Waals surface area contributed by atoms with Crippen molar-refractivity contribution in [1.29, 1.82) is 0 Å². The summed E-state index contributed by atoms with van der Waals surface area (Å²) in [4.78, 5) is 33.6. The number of hydrogen-bond acceptors (Lipinski definition) is 14. The molecule has 0 saturated carbocycles. The molecule has 0 aliphatic carbocycles. The highest BCUT2D eigenvalue weighted by molar-refractivity contribution is 6.07. The molecule has 1 fully saturated rings. The van der Waals surface area contributed by atoms with E-state index in [0.717, 1.165) is 27.9 Å². The standard InChI is InChI=1S/C38H40N2O13/c1-5-20-23(16-26-31-22(12-13-39-26)21-8-6-7-9-25(21)40-31)24(36(46)49-4)17-51-37(20)53-38-35(45)34(44)33(43)29(52-38)18-50-30(41)11-10-19-14-27(47-2)32(42)28(15-19)48-3/h5-15,17,20,23,29,33-35,37-38,40,42-45H,1,16,18H2,2-4H3. The molecule has 8 atom stereocenters. The molecular weight excluding hydrogens is 692 g/mol. The summed E-state index contributed by atoms with van der Waals surface area (Å²) in [6, 6.07) is 12.7. The number of aliphatic hydroxyl groups is 3. The maximum Gasteiger partial charge on any atom is 0.337 e. The van der Waals surface area contributed by atoms with Gasteiger partial charge in [0.1, 0.15) is 31.0 Å². The zero-order valence-electron chi connectivity index (χ0n) is 29.1. The number of aliphatic hydroxyl groups excluding tert-OH is 3. The van der Waals surface area contributed by atoms with Gasteiger partial charge in [0.25, 0.3) is 0 Å². The number of H-pyrrole nitrogens is 1. The van der Waals surface area contributed by atoms with Crippen molar-refractivity contribution >= 4 is 39.8 Å². The van der Waals surface area contributed by atoms with Crippen LogP contribution in [0.5, 0.6) is 17.2 Å². The average Bonchev–Trinajstić information content (AvgIpc) is 3.56. The molecule has 6 rings (SSSR count). The van der Waals surface area contributed by atoms with Crippen molar-refractivity contribution in [3.05, 3.63) is 90.5 Å². The third-order valence-electron chi connectivity index (χ3n) is 9.36. The number of benzene rings is 2. The van der Waals surface area contributed by atoms with Crippen LogP contribution in [0.3, 0.4) is 0 Å². The zero-order chi connectivity index (χ0) is 37.8. The molecule has 280 valence electrons. The van der Waals surface area contributed by atoms with Crippen molar-refractivity contribution in [1.82, 2.24) is 9.97 Å². The largest absolute Gasteiger partial charge is 0.502 e. The number of esters is 2. The lowest BCUT2D eigenvalue weighted by Gasteiger charge is -2.43. The third-order valence-corrected chi connectivity index (χ3v) is 9.36. The Labute approximate surface area is 303 Å². The number of rotatable bonds is 12. The van der Waals surface area contributed by atoms with Gasteiger partial charge < -0.3 is 58.6 Å². The van der Waals surface area contributed by atoms with Gasteiger partial charge in [0.05, 0.1) is 44.4 Å². The molecule has 8 unspecified atom stereocenters. The SMILES string of the molecule is C=CC1C(OC2OC(COC(=O)C=Cc3cc(OC)c(O)c(OC)c3)C(O)C(O)C2O)OC=C(C(=O)OC)C1Cc1nccc2c1[nH]c1ccccc12. The number of aromatic nitrogens is 2. The van der Waals surface area contributed by atoms with E-state index in [0.29, 0.717) is 11.3 Å². The Morgan fingerprint density at radius 2 is 1.72 bits per heavy atom. The number of aromatic hydroxyl groups is 1. The minimum absolute atomic E-state index is 0.127. The Morgan fingerprint density at radius 3 is 2.42 bits per heavy atom. The molecule has 0 spiro atoms. The van der Waals surface area contributed by atoms with Crippen LogP contribution in [0.2, 0.25) is 0 Å². The van der Waals surface area contributed by atoms with Gasteiger partial charge in [-0.2, -0.15) is 0 Å². The number of fused-ring (bicyclic) bond motifs is 3. The fourth-order valence-electron chi connectivity index (χ4n) is 6.56. The van der Waals surface area contributed by atoms with E-state index in [2.05, 4.69) is 16.5 Å². The first kappa shape index (κ1) is 37.3. The van der Waals surface area contributed by atoms with Crippen LogP contribution in [-0.4, -0.2) is 107 Å². The molecule has 0 bridgehead atoms. The summed E-state index contributed by atoms with van der Waals surface area (Å²) < 4.78 is 38.3. The summed E-state index contributed by atoms with van der Waals surface area (Å²) in [5.41, 5.74) is 3.04. The zero-order valence-corrected chi connectivity index (χ0v) is 29.1. The molecule has 15 heteroatoms.